The Labute approximate surface area is 146 Å². The van der Waals surface area contributed by atoms with Crippen LogP contribution in [0.25, 0.3) is 10.8 Å². The van der Waals surface area contributed by atoms with Gasteiger partial charge >= 0.3 is 11.9 Å². The summed E-state index contributed by atoms with van der Waals surface area (Å²) in [5, 5.41) is 10.9. The monoisotopic (exact) mass is 347 g/mol. The number of carbonyl (C=O) groups excluding carboxylic acids is 1. The summed E-state index contributed by atoms with van der Waals surface area (Å²) >= 11 is 0. The average molecular weight is 347 g/mol. The van der Waals surface area contributed by atoms with Crippen molar-refractivity contribution in [1.82, 2.24) is 0 Å². The van der Waals surface area contributed by atoms with E-state index in [0.29, 0.717) is 18.6 Å². The molecule has 1 atom stereocenters. The molecule has 2 aromatic rings. The smallest absolute Gasteiger partial charge is 0.320 e. The molecule has 1 heterocycles. The van der Waals surface area contributed by atoms with Crippen LogP contribution in [0.15, 0.2) is 22.6 Å². The minimum Gasteiger partial charge on any atom is -0.480 e. The maximum Gasteiger partial charge on any atom is 0.320 e. The summed E-state index contributed by atoms with van der Waals surface area (Å²) in [6.45, 7) is 6.11. The van der Waals surface area contributed by atoms with E-state index in [1.165, 1.54) is 7.11 Å². The van der Waals surface area contributed by atoms with Crippen molar-refractivity contribution in [1.29, 1.82) is 0 Å². The third-order valence-corrected chi connectivity index (χ3v) is 4.10. The van der Waals surface area contributed by atoms with Crippen molar-refractivity contribution >= 4 is 22.7 Å². The van der Waals surface area contributed by atoms with Crippen molar-refractivity contribution in [2.24, 2.45) is 5.73 Å². The molecule has 2 rings (SSSR count). The predicted molar refractivity (Wildman–Crippen MR) is 94.6 cm³/mol. The Morgan fingerprint density at radius 3 is 2.52 bits per heavy atom. The van der Waals surface area contributed by atoms with E-state index < -0.39 is 12.0 Å². The number of esters is 1. The Kier molecular flexibility index (Phi) is 5.52. The normalized spacial score (nSPS) is 13.0. The Hall–Kier alpha value is -2.34. The average Bonchev–Trinajstić information content (AvgIpc) is 2.90. The number of hydrogen-bond donors (Lipinski definition) is 2. The topological polar surface area (TPSA) is 103 Å². The van der Waals surface area contributed by atoms with Crippen LogP contribution in [-0.2, 0) is 32.6 Å². The number of furan rings is 1. The number of fused-ring (bicyclic) bond motifs is 1. The van der Waals surface area contributed by atoms with Crippen molar-refractivity contribution in [2.45, 2.75) is 51.5 Å². The molecule has 6 heteroatoms. The number of aliphatic carboxylic acids is 1. The molecular formula is C19H25NO5. The summed E-state index contributed by atoms with van der Waals surface area (Å²) in [5.74, 6) is 0.0531. The zero-order chi connectivity index (χ0) is 18.8. The lowest BCUT2D eigenvalue weighted by Crippen LogP contribution is -2.32. The van der Waals surface area contributed by atoms with Gasteiger partial charge in [-0.3, -0.25) is 9.59 Å². The number of carbonyl (C=O) groups is 2. The van der Waals surface area contributed by atoms with E-state index in [-0.39, 0.29) is 17.8 Å². The highest BCUT2D eigenvalue weighted by Gasteiger charge is 2.26. The molecule has 0 amide bonds. The van der Waals surface area contributed by atoms with Gasteiger partial charge in [0.25, 0.3) is 0 Å². The van der Waals surface area contributed by atoms with E-state index in [0.717, 1.165) is 22.1 Å². The largest absolute Gasteiger partial charge is 0.480 e. The number of carboxylic acid groups (broad SMARTS) is 1. The molecular weight excluding hydrogens is 322 g/mol. The summed E-state index contributed by atoms with van der Waals surface area (Å²) in [5.41, 5.74) is 6.43. The van der Waals surface area contributed by atoms with Crippen LogP contribution >= 0.6 is 0 Å². The van der Waals surface area contributed by atoms with Gasteiger partial charge in [0.15, 0.2) is 0 Å². The lowest BCUT2D eigenvalue weighted by Gasteiger charge is -2.16. The zero-order valence-corrected chi connectivity index (χ0v) is 15.1. The van der Waals surface area contributed by atoms with Gasteiger partial charge in [0.05, 0.1) is 7.11 Å². The Morgan fingerprint density at radius 1 is 1.28 bits per heavy atom. The molecule has 0 aliphatic rings. The zero-order valence-electron chi connectivity index (χ0n) is 15.1. The number of aryl methyl sites for hydroxylation is 1. The summed E-state index contributed by atoms with van der Waals surface area (Å²) < 4.78 is 10.7. The van der Waals surface area contributed by atoms with Crippen LogP contribution in [0.1, 0.15) is 44.3 Å². The second-order valence-electron chi connectivity index (χ2n) is 7.21. The van der Waals surface area contributed by atoms with Crippen molar-refractivity contribution in [3.63, 3.8) is 0 Å². The number of ether oxygens (including phenoxy) is 1. The van der Waals surface area contributed by atoms with E-state index in [9.17, 15) is 9.59 Å². The number of methoxy groups -OCH3 is 1. The van der Waals surface area contributed by atoms with Gasteiger partial charge in [0.2, 0.25) is 0 Å². The lowest BCUT2D eigenvalue weighted by atomic mass is 9.90. The van der Waals surface area contributed by atoms with Gasteiger partial charge in [-0.05, 0) is 18.1 Å². The first-order valence-corrected chi connectivity index (χ1v) is 8.23. The summed E-state index contributed by atoms with van der Waals surface area (Å²) in [7, 11) is 1.37. The summed E-state index contributed by atoms with van der Waals surface area (Å²) in [6.07, 6.45) is 1.01. The minimum atomic E-state index is -1.06. The number of rotatable bonds is 6. The molecule has 25 heavy (non-hydrogen) atoms. The molecule has 0 saturated heterocycles. The minimum absolute atomic E-state index is 0.128. The fourth-order valence-corrected chi connectivity index (χ4v) is 2.76. The Morgan fingerprint density at radius 2 is 1.96 bits per heavy atom. The van der Waals surface area contributed by atoms with Crippen LogP contribution in [0, 0.1) is 0 Å². The van der Waals surface area contributed by atoms with Gasteiger partial charge in [0, 0.05) is 29.0 Å². The van der Waals surface area contributed by atoms with Gasteiger partial charge < -0.3 is 20.0 Å². The van der Waals surface area contributed by atoms with Gasteiger partial charge in [-0.15, -0.1) is 0 Å². The molecule has 3 N–H and O–H groups in total. The van der Waals surface area contributed by atoms with Crippen LogP contribution in [-0.4, -0.2) is 30.2 Å². The fraction of sp³-hybridized carbons (Fsp3) is 0.474. The molecule has 0 aliphatic carbocycles. The second-order valence-corrected chi connectivity index (χ2v) is 7.21. The molecule has 136 valence electrons. The maximum absolute atomic E-state index is 11.4. The Bertz CT molecular complexity index is 785. The molecule has 6 nitrogen and oxygen atoms in total. The SMILES string of the molecule is COC(=O)CCc1ccc2c(CC(N)C(=O)O)oc(C(C)(C)C)c2c1. The van der Waals surface area contributed by atoms with Crippen molar-refractivity contribution in [3.8, 4) is 0 Å². The van der Waals surface area contributed by atoms with E-state index in [4.69, 9.17) is 15.3 Å². The molecule has 0 aliphatic heterocycles. The predicted octanol–water partition coefficient (Wildman–Crippen LogP) is 2.79. The molecule has 0 saturated carbocycles. The fourth-order valence-electron chi connectivity index (χ4n) is 2.76. The molecule has 0 spiro atoms. The molecule has 0 bridgehead atoms. The third kappa shape index (κ3) is 4.39. The highest BCUT2D eigenvalue weighted by molar-refractivity contribution is 5.89. The number of nitrogens with two attached hydrogens (primary N) is 1. The van der Waals surface area contributed by atoms with Crippen molar-refractivity contribution in [2.75, 3.05) is 7.11 Å². The van der Waals surface area contributed by atoms with Crippen LogP contribution in [0.5, 0.6) is 0 Å². The highest BCUT2D eigenvalue weighted by Crippen LogP contribution is 2.35. The number of hydrogen-bond acceptors (Lipinski definition) is 5. The summed E-state index contributed by atoms with van der Waals surface area (Å²) in [6, 6.07) is 4.81. The first-order valence-electron chi connectivity index (χ1n) is 8.23. The molecule has 1 unspecified atom stereocenters. The van der Waals surface area contributed by atoms with Crippen molar-refractivity contribution < 1.29 is 23.8 Å². The quantitative estimate of drug-likeness (QED) is 0.779. The van der Waals surface area contributed by atoms with Gasteiger partial charge in [-0.25, -0.2) is 0 Å². The maximum atomic E-state index is 11.4. The van der Waals surface area contributed by atoms with Crippen LogP contribution in [0.3, 0.4) is 0 Å². The highest BCUT2D eigenvalue weighted by atomic mass is 16.5. The number of benzene rings is 1. The molecule has 1 aromatic heterocycles. The second kappa shape index (κ2) is 7.27. The molecule has 0 radical (unpaired) electrons. The Balaban J connectivity index is 2.44. The van der Waals surface area contributed by atoms with Crippen LogP contribution in [0.4, 0.5) is 0 Å². The molecule has 0 fully saturated rings. The molecule has 1 aromatic carbocycles. The van der Waals surface area contributed by atoms with E-state index >= 15 is 0 Å². The first kappa shape index (κ1) is 19.0. The van der Waals surface area contributed by atoms with Gasteiger partial charge in [-0.2, -0.15) is 0 Å². The number of carboxylic acids is 1. The van der Waals surface area contributed by atoms with Crippen molar-refractivity contribution in [3.05, 3.63) is 35.3 Å². The first-order chi connectivity index (χ1) is 11.6. The van der Waals surface area contributed by atoms with Crippen LogP contribution < -0.4 is 5.73 Å². The van der Waals surface area contributed by atoms with E-state index in [1.54, 1.807) is 0 Å². The van der Waals surface area contributed by atoms with Gasteiger partial charge in [0.1, 0.15) is 17.6 Å². The lowest BCUT2D eigenvalue weighted by molar-refractivity contribution is -0.140. The van der Waals surface area contributed by atoms with Crippen LogP contribution in [0.2, 0.25) is 0 Å². The van der Waals surface area contributed by atoms with E-state index in [1.807, 2.05) is 39.0 Å². The van der Waals surface area contributed by atoms with E-state index in [2.05, 4.69) is 4.74 Å². The standard InChI is InChI=1S/C19H25NO5/c1-19(2,3)17-13-9-11(6-8-16(21)24-4)5-7-12(13)15(25-17)10-14(20)18(22)23/h5,7,9,14H,6,8,10,20H2,1-4H3,(H,22,23). The summed E-state index contributed by atoms with van der Waals surface area (Å²) in [4.78, 5) is 22.4. The van der Waals surface area contributed by atoms with Gasteiger partial charge in [-0.1, -0.05) is 32.9 Å². The third-order valence-electron chi connectivity index (χ3n) is 4.10.